The number of rotatable bonds is 12. The molecule has 0 atom stereocenters. The molecule has 0 saturated carbocycles. The van der Waals surface area contributed by atoms with Crippen molar-refractivity contribution in [3.63, 3.8) is 0 Å². The van der Waals surface area contributed by atoms with Gasteiger partial charge in [-0.3, -0.25) is 24.4 Å². The van der Waals surface area contributed by atoms with Crippen molar-refractivity contribution in [2.75, 3.05) is 52.6 Å². The first-order valence-corrected chi connectivity index (χ1v) is 16.6. The number of pyridine rings is 1. The topological polar surface area (TPSA) is 199 Å². The average molecular weight is 680 g/mol. The number of aliphatic hydroxyl groups is 4. The lowest BCUT2D eigenvalue weighted by molar-refractivity contribution is 0.0870. The number of fused-ring (bicyclic) bond motifs is 2. The summed E-state index contributed by atoms with van der Waals surface area (Å²) in [6.07, 6.45) is 2.15. The van der Waals surface area contributed by atoms with Crippen molar-refractivity contribution in [2.45, 2.75) is 58.3 Å². The molecule has 49 heavy (non-hydrogen) atoms. The highest BCUT2D eigenvalue weighted by Gasteiger charge is 2.22. The largest absolute Gasteiger partial charge is 0.507 e. The number of phenols is 2. The molecule has 0 saturated heterocycles. The van der Waals surface area contributed by atoms with Gasteiger partial charge in [-0.05, 0) is 68.8 Å². The number of hydrogen-bond donors (Lipinski definition) is 8. The summed E-state index contributed by atoms with van der Waals surface area (Å²) >= 11 is 0. The summed E-state index contributed by atoms with van der Waals surface area (Å²) in [6.45, 7) is 5.33. The van der Waals surface area contributed by atoms with Crippen molar-refractivity contribution in [1.82, 2.24) is 25.4 Å². The monoisotopic (exact) mass is 679 g/mol. The van der Waals surface area contributed by atoms with E-state index in [4.69, 9.17) is 4.98 Å². The zero-order chi connectivity index (χ0) is 35.5. The minimum Gasteiger partial charge on any atom is -0.507 e. The molecule has 0 fully saturated rings. The third-order valence-corrected chi connectivity index (χ3v) is 8.68. The molecule has 0 aliphatic carbocycles. The summed E-state index contributed by atoms with van der Waals surface area (Å²) in [5, 5.41) is 65.1. The van der Waals surface area contributed by atoms with Gasteiger partial charge in [0.05, 0.1) is 49.6 Å². The molecule has 3 aromatic rings. The second kappa shape index (κ2) is 18.0. The normalized spacial score (nSPS) is 14.8. The number of nitrogens with one attached hydrogen (secondary N) is 2. The van der Waals surface area contributed by atoms with Crippen LogP contribution < -0.4 is 10.6 Å². The highest BCUT2D eigenvalue weighted by atomic mass is 16.3. The predicted molar refractivity (Wildman–Crippen MR) is 183 cm³/mol. The number of aromatic hydroxyl groups is 2. The maximum absolute atomic E-state index is 12.9. The highest BCUT2D eigenvalue weighted by molar-refractivity contribution is 5.98. The van der Waals surface area contributed by atoms with Crippen LogP contribution in [0.3, 0.4) is 0 Å². The molecule has 8 N–H and O–H groups in total. The Labute approximate surface area is 286 Å². The maximum atomic E-state index is 12.9. The predicted octanol–water partition coefficient (Wildman–Crippen LogP) is 0.769. The Bertz CT molecular complexity index is 1470. The van der Waals surface area contributed by atoms with E-state index in [-0.39, 0.29) is 22.6 Å². The van der Waals surface area contributed by atoms with Gasteiger partial charge in [0, 0.05) is 61.5 Å². The molecule has 2 amide bonds. The zero-order valence-corrected chi connectivity index (χ0v) is 28.2. The molecule has 266 valence electrons. The van der Waals surface area contributed by atoms with Crippen LogP contribution in [0.25, 0.3) is 0 Å². The zero-order valence-electron chi connectivity index (χ0n) is 28.2. The molecule has 0 unspecified atom stereocenters. The van der Waals surface area contributed by atoms with Gasteiger partial charge in [-0.25, -0.2) is 0 Å². The minimum absolute atomic E-state index is 0.0750. The number of aromatic nitrogens is 1. The van der Waals surface area contributed by atoms with E-state index in [9.17, 15) is 40.2 Å². The fourth-order valence-electron chi connectivity index (χ4n) is 6.01. The van der Waals surface area contributed by atoms with Crippen molar-refractivity contribution >= 4 is 11.8 Å². The summed E-state index contributed by atoms with van der Waals surface area (Å²) in [4.78, 5) is 35.1. The molecule has 1 aromatic heterocycles. The summed E-state index contributed by atoms with van der Waals surface area (Å²) < 4.78 is 0. The molecule has 2 bridgehead atoms. The Morgan fingerprint density at radius 2 is 1.10 bits per heavy atom. The van der Waals surface area contributed by atoms with Crippen LogP contribution in [0.5, 0.6) is 11.5 Å². The number of aryl methyl sites for hydroxylation is 2. The van der Waals surface area contributed by atoms with Gasteiger partial charge in [0.15, 0.2) is 0 Å². The molecular weight excluding hydrogens is 630 g/mol. The van der Waals surface area contributed by atoms with Crippen LogP contribution in [0.4, 0.5) is 0 Å². The van der Waals surface area contributed by atoms with E-state index in [1.807, 2.05) is 44.2 Å². The third-order valence-electron chi connectivity index (χ3n) is 8.68. The number of amides is 2. The number of carbonyl (C=O) groups excluding carboxylic acids is 2. The Balaban J connectivity index is 1.56. The van der Waals surface area contributed by atoms with E-state index in [2.05, 4.69) is 20.4 Å². The van der Waals surface area contributed by atoms with Crippen molar-refractivity contribution in [3.8, 4) is 11.5 Å². The number of benzene rings is 2. The number of aliphatic hydroxyl groups excluding tert-OH is 4. The first kappa shape index (κ1) is 37.7. The lowest BCUT2D eigenvalue weighted by atomic mass is 10.0. The van der Waals surface area contributed by atoms with E-state index in [0.29, 0.717) is 63.2 Å². The van der Waals surface area contributed by atoms with E-state index in [0.717, 1.165) is 28.9 Å². The van der Waals surface area contributed by atoms with Gasteiger partial charge >= 0.3 is 0 Å². The molecule has 0 spiro atoms. The fraction of sp³-hybridized carbons (Fsp3) is 0.472. The molecule has 2 heterocycles. The van der Waals surface area contributed by atoms with E-state index >= 15 is 0 Å². The maximum Gasteiger partial charge on any atom is 0.255 e. The van der Waals surface area contributed by atoms with Gasteiger partial charge in [0.2, 0.25) is 0 Å². The van der Waals surface area contributed by atoms with Crippen molar-refractivity contribution < 1.29 is 40.2 Å². The molecule has 1 aliphatic heterocycles. The Hall–Kier alpha value is -4.11. The van der Waals surface area contributed by atoms with Crippen LogP contribution in [-0.2, 0) is 25.9 Å². The lowest BCUT2D eigenvalue weighted by Gasteiger charge is -2.28. The second-order valence-electron chi connectivity index (χ2n) is 12.7. The highest BCUT2D eigenvalue weighted by Crippen LogP contribution is 2.28. The first-order chi connectivity index (χ1) is 23.5. The van der Waals surface area contributed by atoms with Crippen LogP contribution in [0.1, 0.15) is 60.8 Å². The van der Waals surface area contributed by atoms with Crippen molar-refractivity contribution in [3.05, 3.63) is 87.2 Å². The van der Waals surface area contributed by atoms with Crippen molar-refractivity contribution in [2.24, 2.45) is 0 Å². The minimum atomic E-state index is -0.840. The summed E-state index contributed by atoms with van der Waals surface area (Å²) in [5.74, 6) is -1.46. The van der Waals surface area contributed by atoms with Crippen LogP contribution in [0, 0.1) is 13.8 Å². The van der Waals surface area contributed by atoms with Crippen molar-refractivity contribution in [1.29, 1.82) is 0 Å². The quantitative estimate of drug-likeness (QED) is 0.135. The number of nitrogens with zero attached hydrogens (tertiary/aromatic N) is 3. The molecule has 4 rings (SSSR count). The van der Waals surface area contributed by atoms with Gasteiger partial charge in [-0.1, -0.05) is 18.2 Å². The SMILES string of the molecule is Cc1cc(CN2CCCN(Cc3cc(C)cc(C(=O)NC(CO)CO)c3O)CCc3cccc(n3)CC2)c(O)c(C(=O)NC(CO)CO)c1. The number of phenolic OH excluding ortho intramolecular Hbond substituents is 2. The van der Waals surface area contributed by atoms with E-state index in [1.165, 1.54) is 0 Å². The molecule has 2 aromatic carbocycles. The second-order valence-corrected chi connectivity index (χ2v) is 12.7. The molecule has 0 radical (unpaired) electrons. The number of carbonyl (C=O) groups is 2. The van der Waals surface area contributed by atoms with Crippen LogP contribution in [-0.4, -0.2) is 122 Å². The van der Waals surface area contributed by atoms with Crippen LogP contribution in [0.2, 0.25) is 0 Å². The van der Waals surface area contributed by atoms with E-state index < -0.39 is 50.3 Å². The average Bonchev–Trinajstić information content (AvgIpc) is 3.09. The van der Waals surface area contributed by atoms with Crippen LogP contribution >= 0.6 is 0 Å². The molecule has 1 aliphatic rings. The first-order valence-electron chi connectivity index (χ1n) is 16.6. The Morgan fingerprint density at radius 3 is 1.49 bits per heavy atom. The van der Waals surface area contributed by atoms with Gasteiger partial charge in [0.1, 0.15) is 11.5 Å². The Kier molecular flexibility index (Phi) is 13.9. The van der Waals surface area contributed by atoms with Gasteiger partial charge in [-0.2, -0.15) is 0 Å². The molecule has 13 nitrogen and oxygen atoms in total. The summed E-state index contributed by atoms with van der Waals surface area (Å²) in [5.41, 5.74) is 4.77. The Morgan fingerprint density at radius 1 is 0.694 bits per heavy atom. The van der Waals surface area contributed by atoms with E-state index in [1.54, 1.807) is 12.1 Å². The standard InChI is InChI=1S/C36H49N5O8/c1-23-13-25(33(46)31(15-23)35(48)38-29(19-42)20-43)17-40-9-4-10-41(12-8-28-6-3-5-27(37-28)7-11-40)18-26-14-24(2)16-32(34(26)47)36(49)39-30(21-44)22-45/h3,5-6,13-16,29-30,42-47H,4,7-12,17-22H2,1-2H3,(H,38,48)(H,39,49). The lowest BCUT2D eigenvalue weighted by Crippen LogP contribution is -2.40. The van der Waals surface area contributed by atoms with Gasteiger partial charge in [0.25, 0.3) is 11.8 Å². The molecular formula is C36H49N5O8. The fourth-order valence-corrected chi connectivity index (χ4v) is 6.01. The summed E-state index contributed by atoms with van der Waals surface area (Å²) in [7, 11) is 0. The summed E-state index contributed by atoms with van der Waals surface area (Å²) in [6, 6.07) is 11.2. The molecule has 13 heteroatoms. The van der Waals surface area contributed by atoms with Gasteiger partial charge in [-0.15, -0.1) is 0 Å². The third kappa shape index (κ3) is 10.4. The van der Waals surface area contributed by atoms with Crippen LogP contribution in [0.15, 0.2) is 42.5 Å². The smallest absolute Gasteiger partial charge is 0.255 e. The van der Waals surface area contributed by atoms with Gasteiger partial charge < -0.3 is 41.3 Å². The number of hydrogen-bond acceptors (Lipinski definition) is 11.